The number of urea groups is 1. The molecule has 0 bridgehead atoms. The van der Waals surface area contributed by atoms with Gasteiger partial charge in [-0.05, 0) is 29.8 Å². The molecule has 0 atom stereocenters. The number of thiazole rings is 1. The molecule has 0 saturated carbocycles. The Morgan fingerprint density at radius 1 is 1.22 bits per heavy atom. The molecule has 0 aliphatic rings. The summed E-state index contributed by atoms with van der Waals surface area (Å²) in [6.07, 6.45) is 0. The largest absolute Gasteiger partial charge is 0.334 e. The minimum absolute atomic E-state index is 0.126. The van der Waals surface area contributed by atoms with Crippen LogP contribution in [0.5, 0.6) is 0 Å². The van der Waals surface area contributed by atoms with E-state index in [0.29, 0.717) is 18.1 Å². The maximum Gasteiger partial charge on any atom is 0.317 e. The van der Waals surface area contributed by atoms with Gasteiger partial charge in [0.25, 0.3) is 0 Å². The molecule has 0 fully saturated rings. The molecule has 2 amide bonds. The lowest BCUT2D eigenvalue weighted by Gasteiger charge is -2.16. The highest BCUT2D eigenvalue weighted by Crippen LogP contribution is 2.22. The highest BCUT2D eigenvalue weighted by Gasteiger charge is 2.11. The summed E-state index contributed by atoms with van der Waals surface area (Å²) in [6.45, 7) is 0.964. The number of hydrogen-bond acceptors (Lipinski definition) is 3. The van der Waals surface area contributed by atoms with Crippen molar-refractivity contribution in [3.63, 3.8) is 0 Å². The lowest BCUT2D eigenvalue weighted by atomic mass is 10.2. The fourth-order valence-electron chi connectivity index (χ4n) is 2.18. The summed E-state index contributed by atoms with van der Waals surface area (Å²) in [7, 11) is 1.77. The summed E-state index contributed by atoms with van der Waals surface area (Å²) in [6, 6.07) is 15.3. The van der Waals surface area contributed by atoms with Crippen LogP contribution < -0.4 is 5.32 Å². The zero-order chi connectivity index (χ0) is 16.2. The quantitative estimate of drug-likeness (QED) is 0.766. The molecule has 0 unspecified atom stereocenters. The van der Waals surface area contributed by atoms with Crippen molar-refractivity contribution in [3.8, 4) is 0 Å². The highest BCUT2D eigenvalue weighted by molar-refractivity contribution is 7.18. The molecular weight excluding hydrogens is 330 g/mol. The van der Waals surface area contributed by atoms with E-state index in [1.54, 1.807) is 23.3 Å². The molecule has 4 nitrogen and oxygen atoms in total. The van der Waals surface area contributed by atoms with E-state index in [2.05, 4.69) is 10.3 Å². The van der Waals surface area contributed by atoms with Crippen molar-refractivity contribution in [2.45, 2.75) is 13.1 Å². The highest BCUT2D eigenvalue weighted by atomic mass is 35.5. The molecule has 1 aromatic heterocycles. The second-order valence-electron chi connectivity index (χ2n) is 5.22. The molecule has 23 heavy (non-hydrogen) atoms. The van der Waals surface area contributed by atoms with E-state index in [0.717, 1.165) is 20.8 Å². The van der Waals surface area contributed by atoms with Crippen LogP contribution in [0.25, 0.3) is 10.2 Å². The van der Waals surface area contributed by atoms with E-state index in [-0.39, 0.29) is 6.03 Å². The molecule has 0 aliphatic carbocycles. The molecular formula is C17H16ClN3OS. The average molecular weight is 346 g/mol. The molecule has 0 spiro atoms. The number of carbonyl (C=O) groups excluding carboxylic acids is 1. The Kier molecular flexibility index (Phi) is 4.79. The van der Waals surface area contributed by atoms with Crippen molar-refractivity contribution in [1.29, 1.82) is 0 Å². The normalized spacial score (nSPS) is 10.7. The Bertz CT molecular complexity index is 783. The number of aromatic nitrogens is 1. The molecule has 1 N–H and O–H groups in total. The Balaban J connectivity index is 1.57. The monoisotopic (exact) mass is 345 g/mol. The van der Waals surface area contributed by atoms with Crippen LogP contribution in [0.3, 0.4) is 0 Å². The van der Waals surface area contributed by atoms with Gasteiger partial charge >= 0.3 is 6.03 Å². The van der Waals surface area contributed by atoms with Crippen LogP contribution in [0.1, 0.15) is 10.6 Å². The first-order chi connectivity index (χ1) is 11.1. The predicted octanol–water partition coefficient (Wildman–Crippen LogP) is 4.29. The van der Waals surface area contributed by atoms with E-state index in [1.165, 1.54) is 0 Å². The van der Waals surface area contributed by atoms with Gasteiger partial charge in [0.2, 0.25) is 0 Å². The second-order valence-corrected chi connectivity index (χ2v) is 6.77. The van der Waals surface area contributed by atoms with E-state index >= 15 is 0 Å². The van der Waals surface area contributed by atoms with Gasteiger partial charge in [0, 0.05) is 18.6 Å². The third-order valence-electron chi connectivity index (χ3n) is 3.41. The van der Waals surface area contributed by atoms with Crippen LogP contribution in [0.4, 0.5) is 4.79 Å². The standard InChI is InChI=1S/C17H16ClN3OS/c1-21(11-16-20-14-4-2-3-5-15(14)23-16)17(22)19-10-12-6-8-13(18)9-7-12/h2-9H,10-11H2,1H3,(H,19,22). The van der Waals surface area contributed by atoms with E-state index < -0.39 is 0 Å². The van der Waals surface area contributed by atoms with E-state index in [9.17, 15) is 4.79 Å². The van der Waals surface area contributed by atoms with Crippen molar-refractivity contribution < 1.29 is 4.79 Å². The number of fused-ring (bicyclic) bond motifs is 1. The molecule has 0 saturated heterocycles. The number of nitrogens with zero attached hydrogens (tertiary/aromatic N) is 2. The third-order valence-corrected chi connectivity index (χ3v) is 4.69. The maximum atomic E-state index is 12.2. The minimum Gasteiger partial charge on any atom is -0.334 e. The fraction of sp³-hybridized carbons (Fsp3) is 0.176. The molecule has 1 heterocycles. The summed E-state index contributed by atoms with van der Waals surface area (Å²) >= 11 is 7.46. The van der Waals surface area contributed by atoms with Crippen molar-refractivity contribution in [1.82, 2.24) is 15.2 Å². The zero-order valence-corrected chi connectivity index (χ0v) is 14.2. The second kappa shape index (κ2) is 6.98. The average Bonchev–Trinajstić information content (AvgIpc) is 2.96. The van der Waals surface area contributed by atoms with Crippen molar-refractivity contribution >= 4 is 39.2 Å². The summed E-state index contributed by atoms with van der Waals surface area (Å²) in [5.41, 5.74) is 1.98. The molecule has 0 aliphatic heterocycles. The maximum absolute atomic E-state index is 12.2. The van der Waals surface area contributed by atoms with Gasteiger partial charge in [-0.2, -0.15) is 0 Å². The Hall–Kier alpha value is -2.11. The smallest absolute Gasteiger partial charge is 0.317 e. The van der Waals surface area contributed by atoms with E-state index in [1.807, 2.05) is 48.5 Å². The topological polar surface area (TPSA) is 45.2 Å². The molecule has 118 valence electrons. The molecule has 6 heteroatoms. The van der Waals surface area contributed by atoms with Crippen molar-refractivity contribution in [2.75, 3.05) is 7.05 Å². The number of halogens is 1. The van der Waals surface area contributed by atoms with Gasteiger partial charge in [-0.25, -0.2) is 9.78 Å². The molecule has 2 aromatic carbocycles. The SMILES string of the molecule is CN(Cc1nc2ccccc2s1)C(=O)NCc1ccc(Cl)cc1. The molecule has 0 radical (unpaired) electrons. The Morgan fingerprint density at radius 2 is 1.96 bits per heavy atom. The lowest BCUT2D eigenvalue weighted by Crippen LogP contribution is -2.36. The fourth-order valence-corrected chi connectivity index (χ4v) is 3.32. The lowest BCUT2D eigenvalue weighted by molar-refractivity contribution is 0.206. The van der Waals surface area contributed by atoms with Crippen LogP contribution in [0.2, 0.25) is 5.02 Å². The van der Waals surface area contributed by atoms with Crippen molar-refractivity contribution in [3.05, 3.63) is 64.1 Å². The number of carbonyl (C=O) groups is 1. The number of rotatable bonds is 4. The number of para-hydroxylation sites is 1. The minimum atomic E-state index is -0.126. The van der Waals surface area contributed by atoms with Crippen LogP contribution >= 0.6 is 22.9 Å². The van der Waals surface area contributed by atoms with Crippen LogP contribution in [0.15, 0.2) is 48.5 Å². The zero-order valence-electron chi connectivity index (χ0n) is 12.6. The number of benzene rings is 2. The van der Waals surface area contributed by atoms with Crippen LogP contribution in [0, 0.1) is 0 Å². The first kappa shape index (κ1) is 15.8. The predicted molar refractivity (Wildman–Crippen MR) is 94.8 cm³/mol. The first-order valence-electron chi connectivity index (χ1n) is 7.19. The summed E-state index contributed by atoms with van der Waals surface area (Å²) in [5.74, 6) is 0. The Labute approximate surface area is 143 Å². The van der Waals surface area contributed by atoms with Gasteiger partial charge < -0.3 is 10.2 Å². The van der Waals surface area contributed by atoms with Crippen molar-refractivity contribution in [2.24, 2.45) is 0 Å². The Morgan fingerprint density at radius 3 is 2.70 bits per heavy atom. The first-order valence-corrected chi connectivity index (χ1v) is 8.39. The molecule has 3 aromatic rings. The third kappa shape index (κ3) is 4.00. The van der Waals surface area contributed by atoms with Gasteiger partial charge in [-0.15, -0.1) is 11.3 Å². The summed E-state index contributed by atoms with van der Waals surface area (Å²) < 4.78 is 1.14. The van der Waals surface area contributed by atoms with Gasteiger partial charge in [0.05, 0.1) is 16.8 Å². The van der Waals surface area contributed by atoms with Gasteiger partial charge in [-0.3, -0.25) is 0 Å². The summed E-state index contributed by atoms with van der Waals surface area (Å²) in [5, 5.41) is 4.51. The van der Waals surface area contributed by atoms with Gasteiger partial charge in [-0.1, -0.05) is 35.9 Å². The number of nitrogens with one attached hydrogen (secondary N) is 1. The van der Waals surface area contributed by atoms with Crippen LogP contribution in [-0.2, 0) is 13.1 Å². The van der Waals surface area contributed by atoms with Gasteiger partial charge in [0.15, 0.2) is 0 Å². The summed E-state index contributed by atoms with van der Waals surface area (Å²) in [4.78, 5) is 18.3. The molecule has 3 rings (SSSR count). The van der Waals surface area contributed by atoms with Gasteiger partial charge in [0.1, 0.15) is 5.01 Å². The van der Waals surface area contributed by atoms with Crippen LogP contribution in [-0.4, -0.2) is 23.0 Å². The van der Waals surface area contributed by atoms with E-state index in [4.69, 9.17) is 11.6 Å². The number of hydrogen-bond donors (Lipinski definition) is 1. The number of amides is 2.